The predicted molar refractivity (Wildman–Crippen MR) is 68.0 cm³/mol. The average Bonchev–Trinajstić information content (AvgIpc) is 2.39. The summed E-state index contributed by atoms with van der Waals surface area (Å²) in [7, 11) is 0. The number of hydrogen-bond acceptors (Lipinski definition) is 1. The van der Waals surface area contributed by atoms with Crippen LogP contribution in [0.15, 0.2) is 54.6 Å². The molecular formula is C15H13NO. The van der Waals surface area contributed by atoms with Crippen LogP contribution in [0, 0.1) is 0 Å². The van der Waals surface area contributed by atoms with Gasteiger partial charge in [-0.3, -0.25) is 4.79 Å². The van der Waals surface area contributed by atoms with Crippen LogP contribution in [-0.4, -0.2) is 5.91 Å². The van der Waals surface area contributed by atoms with Crippen LogP contribution in [0.5, 0.6) is 0 Å². The predicted octanol–water partition coefficient (Wildman–Crippen LogP) is 3.16. The van der Waals surface area contributed by atoms with Crippen molar-refractivity contribution < 1.29 is 4.79 Å². The molecule has 1 aliphatic rings. The zero-order chi connectivity index (χ0) is 11.7. The standard InChI is InChI=1S/C15H13NO/c17-15-10-13(11-6-2-1-3-7-11)12-8-4-5-9-14(12)16-15/h1-9,13H,10H2,(H,16,17)/t13-/m0/s1. The maximum atomic E-state index is 11.7. The number of nitrogens with one attached hydrogen (secondary N) is 1. The fourth-order valence-corrected chi connectivity index (χ4v) is 2.39. The summed E-state index contributed by atoms with van der Waals surface area (Å²) in [5, 5.41) is 2.92. The summed E-state index contributed by atoms with van der Waals surface area (Å²) in [5.74, 6) is 0.277. The van der Waals surface area contributed by atoms with Crippen LogP contribution in [0.2, 0.25) is 0 Å². The lowest BCUT2D eigenvalue weighted by atomic mass is 9.85. The van der Waals surface area contributed by atoms with Gasteiger partial charge in [0, 0.05) is 18.0 Å². The molecular weight excluding hydrogens is 210 g/mol. The van der Waals surface area contributed by atoms with Gasteiger partial charge in [0.05, 0.1) is 0 Å². The number of anilines is 1. The first-order chi connectivity index (χ1) is 8.34. The molecule has 1 atom stereocenters. The van der Waals surface area contributed by atoms with Crippen molar-refractivity contribution in [2.45, 2.75) is 12.3 Å². The van der Waals surface area contributed by atoms with E-state index in [0.717, 1.165) is 5.69 Å². The van der Waals surface area contributed by atoms with Crippen molar-refractivity contribution in [2.75, 3.05) is 5.32 Å². The van der Waals surface area contributed by atoms with Crippen molar-refractivity contribution in [3.8, 4) is 0 Å². The van der Waals surface area contributed by atoms with Crippen LogP contribution >= 0.6 is 0 Å². The van der Waals surface area contributed by atoms with E-state index in [-0.39, 0.29) is 11.8 Å². The fourth-order valence-electron chi connectivity index (χ4n) is 2.39. The molecule has 1 heterocycles. The Morgan fingerprint density at radius 2 is 1.65 bits per heavy atom. The molecule has 0 aromatic heterocycles. The number of rotatable bonds is 1. The topological polar surface area (TPSA) is 29.1 Å². The molecule has 1 amide bonds. The van der Waals surface area contributed by atoms with E-state index in [2.05, 4.69) is 23.5 Å². The molecule has 2 nitrogen and oxygen atoms in total. The smallest absolute Gasteiger partial charge is 0.225 e. The number of carbonyl (C=O) groups excluding carboxylic acids is 1. The minimum atomic E-state index is 0.0950. The SMILES string of the molecule is O=C1C[C@@H](c2ccccc2)c2ccccc2N1. The summed E-state index contributed by atoms with van der Waals surface area (Å²) in [6.07, 6.45) is 0.529. The van der Waals surface area contributed by atoms with Gasteiger partial charge in [-0.05, 0) is 17.2 Å². The lowest BCUT2D eigenvalue weighted by Crippen LogP contribution is -2.23. The summed E-state index contributed by atoms with van der Waals surface area (Å²) in [6, 6.07) is 18.2. The molecule has 2 heteroatoms. The first-order valence-corrected chi connectivity index (χ1v) is 5.78. The Balaban J connectivity index is 2.10. The van der Waals surface area contributed by atoms with Crippen LogP contribution in [0.4, 0.5) is 5.69 Å². The molecule has 1 N–H and O–H groups in total. The molecule has 0 unspecified atom stereocenters. The van der Waals surface area contributed by atoms with Crippen LogP contribution < -0.4 is 5.32 Å². The first-order valence-electron chi connectivity index (χ1n) is 5.78. The van der Waals surface area contributed by atoms with E-state index in [1.165, 1.54) is 11.1 Å². The van der Waals surface area contributed by atoms with Gasteiger partial charge < -0.3 is 5.32 Å². The van der Waals surface area contributed by atoms with Gasteiger partial charge in [-0.1, -0.05) is 48.5 Å². The van der Waals surface area contributed by atoms with E-state index in [1.54, 1.807) is 0 Å². The maximum absolute atomic E-state index is 11.7. The lowest BCUT2D eigenvalue weighted by Gasteiger charge is -2.25. The Bertz CT molecular complexity index is 548. The highest BCUT2D eigenvalue weighted by Gasteiger charge is 2.25. The monoisotopic (exact) mass is 223 g/mol. The zero-order valence-electron chi connectivity index (χ0n) is 9.39. The summed E-state index contributed by atoms with van der Waals surface area (Å²) in [6.45, 7) is 0. The van der Waals surface area contributed by atoms with Crippen molar-refractivity contribution in [3.63, 3.8) is 0 Å². The number of carbonyl (C=O) groups is 1. The van der Waals surface area contributed by atoms with Gasteiger partial charge in [-0.2, -0.15) is 0 Å². The van der Waals surface area contributed by atoms with Crippen molar-refractivity contribution in [3.05, 3.63) is 65.7 Å². The Morgan fingerprint density at radius 1 is 0.941 bits per heavy atom. The molecule has 84 valence electrons. The number of fused-ring (bicyclic) bond motifs is 1. The number of para-hydroxylation sites is 1. The van der Waals surface area contributed by atoms with Crippen molar-refractivity contribution in [2.24, 2.45) is 0 Å². The van der Waals surface area contributed by atoms with Crippen LogP contribution in [-0.2, 0) is 4.79 Å². The van der Waals surface area contributed by atoms with Crippen LogP contribution in [0.3, 0.4) is 0 Å². The Labute approximate surface area is 100 Å². The van der Waals surface area contributed by atoms with Gasteiger partial charge in [0.2, 0.25) is 5.91 Å². The quantitative estimate of drug-likeness (QED) is 0.790. The maximum Gasteiger partial charge on any atom is 0.225 e. The summed E-state index contributed by atoms with van der Waals surface area (Å²) in [4.78, 5) is 11.7. The Morgan fingerprint density at radius 3 is 2.47 bits per heavy atom. The molecule has 2 aromatic rings. The van der Waals surface area contributed by atoms with E-state index < -0.39 is 0 Å². The number of amides is 1. The molecule has 1 aliphatic heterocycles. The minimum Gasteiger partial charge on any atom is -0.326 e. The minimum absolute atomic E-state index is 0.0950. The molecule has 0 fully saturated rings. The largest absolute Gasteiger partial charge is 0.326 e. The highest BCUT2D eigenvalue weighted by Crippen LogP contribution is 2.36. The summed E-state index contributed by atoms with van der Waals surface area (Å²) in [5.41, 5.74) is 3.35. The molecule has 2 aromatic carbocycles. The third kappa shape index (κ3) is 1.82. The second-order valence-corrected chi connectivity index (χ2v) is 4.30. The molecule has 0 spiro atoms. The molecule has 0 bridgehead atoms. The van der Waals surface area contributed by atoms with Crippen molar-refractivity contribution in [1.82, 2.24) is 0 Å². The normalized spacial score (nSPS) is 18.4. The van der Waals surface area contributed by atoms with E-state index in [0.29, 0.717) is 6.42 Å². The summed E-state index contributed by atoms with van der Waals surface area (Å²) >= 11 is 0. The number of benzene rings is 2. The van der Waals surface area contributed by atoms with E-state index in [9.17, 15) is 4.79 Å². The Kier molecular flexibility index (Phi) is 2.41. The summed E-state index contributed by atoms with van der Waals surface area (Å²) < 4.78 is 0. The molecule has 0 saturated heterocycles. The van der Waals surface area contributed by atoms with Gasteiger partial charge >= 0.3 is 0 Å². The van der Waals surface area contributed by atoms with Gasteiger partial charge in [0.1, 0.15) is 0 Å². The first kappa shape index (κ1) is 10.1. The van der Waals surface area contributed by atoms with Crippen molar-refractivity contribution in [1.29, 1.82) is 0 Å². The molecule has 3 rings (SSSR count). The highest BCUT2D eigenvalue weighted by molar-refractivity contribution is 5.95. The van der Waals surface area contributed by atoms with Gasteiger partial charge in [-0.25, -0.2) is 0 Å². The number of hydrogen-bond donors (Lipinski definition) is 1. The fraction of sp³-hybridized carbons (Fsp3) is 0.133. The second-order valence-electron chi connectivity index (χ2n) is 4.30. The van der Waals surface area contributed by atoms with Gasteiger partial charge in [-0.15, -0.1) is 0 Å². The van der Waals surface area contributed by atoms with E-state index in [4.69, 9.17) is 0 Å². The third-order valence-electron chi connectivity index (χ3n) is 3.20. The zero-order valence-corrected chi connectivity index (χ0v) is 9.39. The van der Waals surface area contributed by atoms with Gasteiger partial charge in [0.15, 0.2) is 0 Å². The Hall–Kier alpha value is -2.09. The lowest BCUT2D eigenvalue weighted by molar-refractivity contribution is -0.116. The third-order valence-corrected chi connectivity index (χ3v) is 3.20. The van der Waals surface area contributed by atoms with Crippen LogP contribution in [0.1, 0.15) is 23.5 Å². The van der Waals surface area contributed by atoms with E-state index in [1.807, 2.05) is 36.4 Å². The van der Waals surface area contributed by atoms with Crippen molar-refractivity contribution >= 4 is 11.6 Å². The van der Waals surface area contributed by atoms with Crippen LogP contribution in [0.25, 0.3) is 0 Å². The molecule has 0 saturated carbocycles. The second kappa shape index (κ2) is 4.06. The highest BCUT2D eigenvalue weighted by atomic mass is 16.1. The molecule has 17 heavy (non-hydrogen) atoms. The molecule has 0 aliphatic carbocycles. The molecule has 0 radical (unpaired) electrons. The van der Waals surface area contributed by atoms with E-state index >= 15 is 0 Å². The average molecular weight is 223 g/mol. The van der Waals surface area contributed by atoms with Gasteiger partial charge in [0.25, 0.3) is 0 Å².